The molecule has 3 rings (SSSR count). The Morgan fingerprint density at radius 1 is 1.05 bits per heavy atom. The van der Waals surface area contributed by atoms with Gasteiger partial charge in [-0.1, -0.05) is 42.5 Å². The quantitative estimate of drug-likeness (QED) is 0.921. The number of hydrogen-bond acceptors (Lipinski definition) is 3. The molecule has 2 nitrogen and oxygen atoms in total. The van der Waals surface area contributed by atoms with Crippen molar-refractivity contribution in [1.29, 1.82) is 0 Å². The third kappa shape index (κ3) is 4.26. The fourth-order valence-corrected chi connectivity index (χ4v) is 3.52. The molecule has 0 spiro atoms. The zero-order valence-electron chi connectivity index (χ0n) is 12.1. The summed E-state index contributed by atoms with van der Waals surface area (Å²) >= 11 is 2.04. The molecule has 0 amide bonds. The third-order valence-electron chi connectivity index (χ3n) is 3.67. The van der Waals surface area contributed by atoms with Crippen LogP contribution in [0.25, 0.3) is 0 Å². The maximum atomic E-state index is 5.83. The molecule has 1 aliphatic rings. The normalized spacial score (nSPS) is 19.0. The summed E-state index contributed by atoms with van der Waals surface area (Å²) in [6, 6.07) is 19.3. The van der Waals surface area contributed by atoms with Crippen molar-refractivity contribution in [3.63, 3.8) is 0 Å². The van der Waals surface area contributed by atoms with Crippen LogP contribution in [0.4, 0.5) is 0 Å². The molecular formula is C18H21NOS. The molecular weight excluding hydrogens is 278 g/mol. The molecule has 0 aliphatic carbocycles. The summed E-state index contributed by atoms with van der Waals surface area (Å²) < 4.78 is 5.83. The van der Waals surface area contributed by atoms with Gasteiger partial charge in [0.1, 0.15) is 12.4 Å². The van der Waals surface area contributed by atoms with Crippen molar-refractivity contribution in [2.24, 2.45) is 0 Å². The minimum absolute atomic E-state index is 0.473. The Labute approximate surface area is 130 Å². The van der Waals surface area contributed by atoms with Gasteiger partial charge in [-0.25, -0.2) is 0 Å². The fraction of sp³-hybridized carbons (Fsp3) is 0.333. The van der Waals surface area contributed by atoms with Gasteiger partial charge < -0.3 is 10.1 Å². The summed E-state index contributed by atoms with van der Waals surface area (Å²) in [4.78, 5) is 0. The van der Waals surface area contributed by atoms with Crippen LogP contribution in [0.5, 0.6) is 5.75 Å². The van der Waals surface area contributed by atoms with E-state index in [1.165, 1.54) is 23.3 Å². The van der Waals surface area contributed by atoms with Gasteiger partial charge in [0.05, 0.1) is 0 Å². The molecule has 1 fully saturated rings. The van der Waals surface area contributed by atoms with E-state index in [0.29, 0.717) is 12.6 Å². The lowest BCUT2D eigenvalue weighted by atomic mass is 10.1. The molecule has 2 aromatic rings. The van der Waals surface area contributed by atoms with Crippen molar-refractivity contribution >= 4 is 11.8 Å². The van der Waals surface area contributed by atoms with E-state index in [2.05, 4.69) is 41.7 Å². The van der Waals surface area contributed by atoms with Crippen molar-refractivity contribution in [2.45, 2.75) is 19.1 Å². The second-order valence-corrected chi connectivity index (χ2v) is 6.43. The lowest BCUT2D eigenvalue weighted by molar-refractivity contribution is 0.306. The first-order valence-electron chi connectivity index (χ1n) is 7.49. The Hall–Kier alpha value is -1.45. The lowest BCUT2D eigenvalue weighted by Crippen LogP contribution is -2.22. The van der Waals surface area contributed by atoms with Crippen molar-refractivity contribution in [3.8, 4) is 5.75 Å². The van der Waals surface area contributed by atoms with Crippen molar-refractivity contribution in [1.82, 2.24) is 5.32 Å². The Bertz CT molecular complexity index is 533. The molecule has 0 radical (unpaired) electrons. The standard InChI is InChI=1S/C18H21NOS/c1-2-5-15(6-3-1)13-20-17-9-7-16(8-10-17)18-14-21-12-4-11-19-18/h1-3,5-10,18-19H,4,11-14H2. The SMILES string of the molecule is c1ccc(COc2ccc(C3CSCCCN3)cc2)cc1. The molecule has 1 aliphatic heterocycles. The predicted molar refractivity (Wildman–Crippen MR) is 89.9 cm³/mol. The van der Waals surface area contributed by atoms with Gasteiger partial charge in [-0.15, -0.1) is 0 Å². The van der Waals surface area contributed by atoms with Gasteiger partial charge in [-0.2, -0.15) is 11.8 Å². The molecule has 1 saturated heterocycles. The fourth-order valence-electron chi connectivity index (χ4n) is 2.46. The summed E-state index contributed by atoms with van der Waals surface area (Å²) in [6.07, 6.45) is 1.26. The lowest BCUT2D eigenvalue weighted by Gasteiger charge is -2.16. The minimum atomic E-state index is 0.473. The highest BCUT2D eigenvalue weighted by atomic mass is 32.2. The molecule has 110 valence electrons. The van der Waals surface area contributed by atoms with Crippen molar-refractivity contribution < 1.29 is 4.74 Å². The van der Waals surface area contributed by atoms with Crippen LogP contribution in [-0.2, 0) is 6.61 Å². The molecule has 21 heavy (non-hydrogen) atoms. The third-order valence-corrected chi connectivity index (χ3v) is 4.82. The van der Waals surface area contributed by atoms with Gasteiger partial charge in [0.15, 0.2) is 0 Å². The average Bonchev–Trinajstić information content (AvgIpc) is 2.84. The van der Waals surface area contributed by atoms with E-state index in [1.54, 1.807) is 0 Å². The van der Waals surface area contributed by atoms with Crippen molar-refractivity contribution in [2.75, 3.05) is 18.1 Å². The van der Waals surface area contributed by atoms with E-state index >= 15 is 0 Å². The van der Waals surface area contributed by atoms with Crippen LogP contribution < -0.4 is 10.1 Å². The second kappa shape index (κ2) is 7.53. The summed E-state index contributed by atoms with van der Waals surface area (Å²) in [6.45, 7) is 1.74. The van der Waals surface area contributed by atoms with E-state index in [4.69, 9.17) is 4.74 Å². The Balaban J connectivity index is 1.58. The topological polar surface area (TPSA) is 21.3 Å². The number of ether oxygens (including phenoxy) is 1. The molecule has 1 N–H and O–H groups in total. The van der Waals surface area contributed by atoms with Gasteiger partial charge in [-0.3, -0.25) is 0 Å². The van der Waals surface area contributed by atoms with E-state index in [-0.39, 0.29) is 0 Å². The van der Waals surface area contributed by atoms with Crippen LogP contribution in [0, 0.1) is 0 Å². The molecule has 0 bridgehead atoms. The van der Waals surface area contributed by atoms with Gasteiger partial charge in [0.25, 0.3) is 0 Å². The highest BCUT2D eigenvalue weighted by Crippen LogP contribution is 2.24. The predicted octanol–water partition coefficient (Wildman–Crippen LogP) is 4.03. The van der Waals surface area contributed by atoms with Crippen LogP contribution in [0.2, 0.25) is 0 Å². The summed E-state index contributed by atoms with van der Waals surface area (Å²) in [7, 11) is 0. The molecule has 1 atom stereocenters. The summed E-state index contributed by atoms with van der Waals surface area (Å²) in [5, 5.41) is 3.61. The van der Waals surface area contributed by atoms with Crippen LogP contribution in [0.1, 0.15) is 23.6 Å². The molecule has 0 saturated carbocycles. The van der Waals surface area contributed by atoms with Gasteiger partial charge in [0.2, 0.25) is 0 Å². The van der Waals surface area contributed by atoms with E-state index < -0.39 is 0 Å². The zero-order chi connectivity index (χ0) is 14.3. The van der Waals surface area contributed by atoms with Crippen LogP contribution in [-0.4, -0.2) is 18.1 Å². The number of hydrogen-bond donors (Lipinski definition) is 1. The highest BCUT2D eigenvalue weighted by molar-refractivity contribution is 7.99. The highest BCUT2D eigenvalue weighted by Gasteiger charge is 2.13. The molecule has 2 aromatic carbocycles. The van der Waals surface area contributed by atoms with E-state index in [1.807, 2.05) is 30.0 Å². The molecule has 1 unspecified atom stereocenters. The van der Waals surface area contributed by atoms with Crippen molar-refractivity contribution in [3.05, 3.63) is 65.7 Å². The Morgan fingerprint density at radius 3 is 2.67 bits per heavy atom. The van der Waals surface area contributed by atoms with E-state index in [9.17, 15) is 0 Å². The Kier molecular flexibility index (Phi) is 5.19. The first kappa shape index (κ1) is 14.5. The number of benzene rings is 2. The smallest absolute Gasteiger partial charge is 0.119 e. The van der Waals surface area contributed by atoms with Gasteiger partial charge in [-0.05, 0) is 42.0 Å². The first-order valence-corrected chi connectivity index (χ1v) is 8.65. The summed E-state index contributed by atoms with van der Waals surface area (Å²) in [5.41, 5.74) is 2.56. The number of thioether (sulfide) groups is 1. The van der Waals surface area contributed by atoms with Gasteiger partial charge >= 0.3 is 0 Å². The molecule has 0 aromatic heterocycles. The zero-order valence-corrected chi connectivity index (χ0v) is 12.9. The van der Waals surface area contributed by atoms with Gasteiger partial charge in [0, 0.05) is 11.8 Å². The number of nitrogens with one attached hydrogen (secondary N) is 1. The average molecular weight is 299 g/mol. The molecule has 3 heteroatoms. The number of rotatable bonds is 4. The minimum Gasteiger partial charge on any atom is -0.489 e. The first-order chi connectivity index (χ1) is 10.4. The van der Waals surface area contributed by atoms with Crippen LogP contribution >= 0.6 is 11.8 Å². The second-order valence-electron chi connectivity index (χ2n) is 5.28. The van der Waals surface area contributed by atoms with Crippen LogP contribution in [0.15, 0.2) is 54.6 Å². The largest absolute Gasteiger partial charge is 0.489 e. The monoisotopic (exact) mass is 299 g/mol. The van der Waals surface area contributed by atoms with E-state index in [0.717, 1.165) is 18.0 Å². The summed E-state index contributed by atoms with van der Waals surface area (Å²) in [5.74, 6) is 3.36. The molecule has 1 heterocycles. The maximum Gasteiger partial charge on any atom is 0.119 e. The maximum absolute atomic E-state index is 5.83. The Morgan fingerprint density at radius 2 is 1.86 bits per heavy atom. The van der Waals surface area contributed by atoms with Crippen LogP contribution in [0.3, 0.4) is 0 Å².